The van der Waals surface area contributed by atoms with Crippen molar-refractivity contribution >= 4 is 5.97 Å². The van der Waals surface area contributed by atoms with Gasteiger partial charge in [0.1, 0.15) is 5.76 Å². The topological polar surface area (TPSA) is 65.7 Å². The highest BCUT2D eigenvalue weighted by atomic mass is 16.7. The van der Waals surface area contributed by atoms with Crippen LogP contribution in [0.2, 0.25) is 0 Å². The summed E-state index contributed by atoms with van der Waals surface area (Å²) in [5.41, 5.74) is 0.153. The highest BCUT2D eigenvalue weighted by Crippen LogP contribution is 2.18. The quantitative estimate of drug-likeness (QED) is 0.702. The van der Waals surface area contributed by atoms with Gasteiger partial charge in [-0.1, -0.05) is 0 Å². The lowest BCUT2D eigenvalue weighted by Gasteiger charge is -2.11. The minimum absolute atomic E-state index is 0.0613. The molecule has 1 aromatic heterocycles. The Morgan fingerprint density at radius 2 is 2.06 bits per heavy atom. The SMILES string of the molecule is CC1=CC(Oc2c(C)occc2=O)OC1=O. The van der Waals surface area contributed by atoms with Crippen molar-refractivity contribution in [3.8, 4) is 5.75 Å². The summed E-state index contributed by atoms with van der Waals surface area (Å²) in [6, 6.07) is 1.25. The van der Waals surface area contributed by atoms with E-state index < -0.39 is 12.3 Å². The summed E-state index contributed by atoms with van der Waals surface area (Å²) in [6.07, 6.45) is 1.94. The first-order valence-electron chi connectivity index (χ1n) is 4.72. The van der Waals surface area contributed by atoms with E-state index in [1.165, 1.54) is 18.4 Å². The van der Waals surface area contributed by atoms with Crippen molar-refractivity contribution in [2.45, 2.75) is 20.1 Å². The van der Waals surface area contributed by atoms with Crippen LogP contribution in [0.3, 0.4) is 0 Å². The molecule has 1 aliphatic heterocycles. The Morgan fingerprint density at radius 3 is 2.62 bits per heavy atom. The number of hydrogen-bond acceptors (Lipinski definition) is 5. The lowest BCUT2D eigenvalue weighted by Crippen LogP contribution is -2.20. The highest BCUT2D eigenvalue weighted by molar-refractivity contribution is 5.90. The Bertz CT molecular complexity index is 511. The molecule has 0 amide bonds. The van der Waals surface area contributed by atoms with E-state index in [-0.39, 0.29) is 11.2 Å². The Kier molecular flexibility index (Phi) is 2.52. The molecular formula is C11H10O5. The van der Waals surface area contributed by atoms with Gasteiger partial charge >= 0.3 is 5.97 Å². The lowest BCUT2D eigenvalue weighted by molar-refractivity contribution is -0.148. The summed E-state index contributed by atoms with van der Waals surface area (Å²) in [5, 5.41) is 0. The molecule has 0 fully saturated rings. The molecule has 0 spiro atoms. The monoisotopic (exact) mass is 222 g/mol. The Labute approximate surface area is 91.3 Å². The van der Waals surface area contributed by atoms with Crippen LogP contribution in [0.25, 0.3) is 0 Å². The van der Waals surface area contributed by atoms with Crippen LogP contribution in [0.15, 0.2) is 33.2 Å². The molecule has 0 aliphatic carbocycles. The molecule has 1 aliphatic rings. The molecule has 84 valence electrons. The van der Waals surface area contributed by atoms with E-state index >= 15 is 0 Å². The third-order valence-electron chi connectivity index (χ3n) is 2.17. The number of ether oxygens (including phenoxy) is 2. The Morgan fingerprint density at radius 1 is 1.31 bits per heavy atom. The maximum Gasteiger partial charge on any atom is 0.336 e. The normalized spacial score (nSPS) is 19.2. The van der Waals surface area contributed by atoms with Gasteiger partial charge in [-0.25, -0.2) is 4.79 Å². The second-order valence-corrected chi connectivity index (χ2v) is 3.41. The van der Waals surface area contributed by atoms with E-state index in [1.807, 2.05) is 0 Å². The molecular weight excluding hydrogens is 212 g/mol. The molecule has 0 saturated carbocycles. The summed E-state index contributed by atoms with van der Waals surface area (Å²) in [6.45, 7) is 3.22. The van der Waals surface area contributed by atoms with Crippen LogP contribution in [0.4, 0.5) is 0 Å². The van der Waals surface area contributed by atoms with Crippen LogP contribution >= 0.6 is 0 Å². The molecule has 0 bridgehead atoms. The second kappa shape index (κ2) is 3.84. The van der Waals surface area contributed by atoms with E-state index in [1.54, 1.807) is 13.8 Å². The fourth-order valence-corrected chi connectivity index (χ4v) is 1.32. The number of esters is 1. The van der Waals surface area contributed by atoms with Gasteiger partial charge < -0.3 is 13.9 Å². The zero-order valence-corrected chi connectivity index (χ0v) is 8.85. The average Bonchev–Trinajstić information content (AvgIpc) is 2.53. The zero-order chi connectivity index (χ0) is 11.7. The third-order valence-corrected chi connectivity index (χ3v) is 2.17. The highest BCUT2D eigenvalue weighted by Gasteiger charge is 2.25. The van der Waals surface area contributed by atoms with Crippen LogP contribution in [0.5, 0.6) is 5.75 Å². The first-order valence-corrected chi connectivity index (χ1v) is 4.72. The number of cyclic esters (lactones) is 1. The van der Waals surface area contributed by atoms with Crippen molar-refractivity contribution < 1.29 is 18.7 Å². The summed E-state index contributed by atoms with van der Waals surface area (Å²) in [5.74, 6) is -0.0317. The largest absolute Gasteiger partial charge is 0.465 e. The van der Waals surface area contributed by atoms with Gasteiger partial charge in [-0.05, 0) is 13.8 Å². The van der Waals surface area contributed by atoms with Crippen molar-refractivity contribution in [3.63, 3.8) is 0 Å². The maximum atomic E-state index is 11.4. The minimum atomic E-state index is -0.850. The van der Waals surface area contributed by atoms with Gasteiger partial charge in [-0.3, -0.25) is 4.79 Å². The first kappa shape index (κ1) is 10.5. The van der Waals surface area contributed by atoms with Gasteiger partial charge in [0.25, 0.3) is 6.29 Å². The van der Waals surface area contributed by atoms with Gasteiger partial charge in [0.15, 0.2) is 0 Å². The van der Waals surface area contributed by atoms with Crippen molar-refractivity contribution in [3.05, 3.63) is 40.0 Å². The number of carbonyl (C=O) groups excluding carboxylic acids is 1. The molecule has 1 atom stereocenters. The van der Waals surface area contributed by atoms with E-state index in [9.17, 15) is 9.59 Å². The first-order chi connectivity index (χ1) is 7.58. The number of carbonyl (C=O) groups is 1. The fourth-order valence-electron chi connectivity index (χ4n) is 1.32. The van der Waals surface area contributed by atoms with Crippen molar-refractivity contribution in [2.24, 2.45) is 0 Å². The Balaban J connectivity index is 2.23. The molecule has 0 radical (unpaired) electrons. The van der Waals surface area contributed by atoms with E-state index in [0.29, 0.717) is 11.3 Å². The van der Waals surface area contributed by atoms with Crippen molar-refractivity contribution in [2.75, 3.05) is 0 Å². The van der Waals surface area contributed by atoms with E-state index in [0.717, 1.165) is 0 Å². The molecule has 16 heavy (non-hydrogen) atoms. The lowest BCUT2D eigenvalue weighted by atomic mass is 10.3. The standard InChI is InChI=1S/C11H10O5/c1-6-5-9(16-11(6)13)15-10-7(2)14-4-3-8(10)12/h3-5,9H,1-2H3. The van der Waals surface area contributed by atoms with Crippen molar-refractivity contribution in [1.29, 1.82) is 0 Å². The summed E-state index contributed by atoms with van der Waals surface area (Å²) < 4.78 is 15.1. The summed E-state index contributed by atoms with van der Waals surface area (Å²) >= 11 is 0. The number of aryl methyl sites for hydroxylation is 1. The molecule has 5 nitrogen and oxygen atoms in total. The fraction of sp³-hybridized carbons (Fsp3) is 0.273. The average molecular weight is 222 g/mol. The Hall–Kier alpha value is -2.04. The third kappa shape index (κ3) is 1.84. The number of rotatable bonds is 2. The van der Waals surface area contributed by atoms with Gasteiger partial charge in [0, 0.05) is 17.7 Å². The predicted molar refractivity (Wildman–Crippen MR) is 54.0 cm³/mol. The van der Waals surface area contributed by atoms with Gasteiger partial charge in [0.2, 0.25) is 11.2 Å². The zero-order valence-electron chi connectivity index (χ0n) is 8.85. The molecule has 0 N–H and O–H groups in total. The smallest absolute Gasteiger partial charge is 0.336 e. The van der Waals surface area contributed by atoms with Gasteiger partial charge in [-0.15, -0.1) is 0 Å². The molecule has 5 heteroatoms. The van der Waals surface area contributed by atoms with Gasteiger partial charge in [0.05, 0.1) is 6.26 Å². The number of hydrogen-bond donors (Lipinski definition) is 0. The minimum Gasteiger partial charge on any atom is -0.465 e. The van der Waals surface area contributed by atoms with E-state index in [4.69, 9.17) is 13.9 Å². The molecule has 2 rings (SSSR count). The van der Waals surface area contributed by atoms with Gasteiger partial charge in [-0.2, -0.15) is 0 Å². The van der Waals surface area contributed by atoms with E-state index in [2.05, 4.69) is 0 Å². The summed E-state index contributed by atoms with van der Waals surface area (Å²) in [7, 11) is 0. The molecule has 2 heterocycles. The van der Waals surface area contributed by atoms with Crippen molar-refractivity contribution in [1.82, 2.24) is 0 Å². The van der Waals surface area contributed by atoms with Crippen LogP contribution in [-0.4, -0.2) is 12.3 Å². The summed E-state index contributed by atoms with van der Waals surface area (Å²) in [4.78, 5) is 22.5. The van der Waals surface area contributed by atoms with Crippen LogP contribution in [-0.2, 0) is 9.53 Å². The maximum absolute atomic E-state index is 11.4. The predicted octanol–water partition coefficient (Wildman–Crippen LogP) is 1.16. The molecule has 1 unspecified atom stereocenters. The van der Waals surface area contributed by atoms with Crippen LogP contribution in [0.1, 0.15) is 12.7 Å². The molecule has 0 saturated heterocycles. The molecule has 1 aromatic rings. The van der Waals surface area contributed by atoms with Crippen LogP contribution in [0, 0.1) is 6.92 Å². The molecule has 0 aromatic carbocycles. The second-order valence-electron chi connectivity index (χ2n) is 3.41. The van der Waals surface area contributed by atoms with Crippen LogP contribution < -0.4 is 10.2 Å².